The van der Waals surface area contributed by atoms with Crippen molar-refractivity contribution >= 4 is 39.8 Å². The van der Waals surface area contributed by atoms with E-state index in [0.717, 1.165) is 18.2 Å². The maximum atomic E-state index is 13.6. The normalized spacial score (nSPS) is 10.8. The van der Waals surface area contributed by atoms with Gasteiger partial charge < -0.3 is 9.47 Å². The highest BCUT2D eigenvalue weighted by Crippen LogP contribution is 2.17. The minimum atomic E-state index is -3.00. The molecule has 0 aliphatic carbocycles. The van der Waals surface area contributed by atoms with E-state index in [2.05, 4.69) is 25.4 Å². The van der Waals surface area contributed by atoms with Gasteiger partial charge in [-0.25, -0.2) is 9.18 Å². The Morgan fingerprint density at radius 2 is 1.79 bits per heavy atom. The topological polar surface area (TPSA) is 81.7 Å². The minimum absolute atomic E-state index is 0.0105. The molecular formula is C19H13BrF3NO5. The first kappa shape index (κ1) is 22.2. The highest BCUT2D eigenvalue weighted by atomic mass is 79.9. The van der Waals surface area contributed by atoms with E-state index >= 15 is 0 Å². The summed E-state index contributed by atoms with van der Waals surface area (Å²) in [4.78, 5) is 35.2. The van der Waals surface area contributed by atoms with Crippen molar-refractivity contribution < 1.29 is 37.0 Å². The Bertz CT molecular complexity index is 932. The molecule has 152 valence electrons. The molecule has 0 saturated carbocycles. The second-order valence-corrected chi connectivity index (χ2v) is 6.30. The smallest absolute Gasteiger partial charge is 0.387 e. The maximum Gasteiger partial charge on any atom is 0.387 e. The number of alkyl halides is 2. The molecule has 0 aliphatic heterocycles. The van der Waals surface area contributed by atoms with Gasteiger partial charge in [0, 0.05) is 21.7 Å². The Balaban J connectivity index is 1.82. The zero-order chi connectivity index (χ0) is 21.4. The highest BCUT2D eigenvalue weighted by molar-refractivity contribution is 9.10. The SMILES string of the molecule is O=C(COC(=O)/C=C/c1cc(Br)ccc1F)NC(=O)c1ccc(OC(F)F)cc1. The molecule has 0 unspecified atom stereocenters. The molecule has 29 heavy (non-hydrogen) atoms. The van der Waals surface area contributed by atoms with Gasteiger partial charge in [0.15, 0.2) is 6.61 Å². The van der Waals surface area contributed by atoms with Gasteiger partial charge in [-0.1, -0.05) is 15.9 Å². The quantitative estimate of drug-likeness (QED) is 0.491. The van der Waals surface area contributed by atoms with Crippen LogP contribution in [0, 0.1) is 5.82 Å². The van der Waals surface area contributed by atoms with Gasteiger partial charge in [0.05, 0.1) is 0 Å². The Morgan fingerprint density at radius 1 is 1.10 bits per heavy atom. The van der Waals surface area contributed by atoms with Crippen LogP contribution in [0.3, 0.4) is 0 Å². The average molecular weight is 472 g/mol. The fourth-order valence-corrected chi connectivity index (χ4v) is 2.39. The van der Waals surface area contributed by atoms with Crippen LogP contribution in [0.5, 0.6) is 5.75 Å². The van der Waals surface area contributed by atoms with E-state index in [0.29, 0.717) is 4.47 Å². The molecule has 2 rings (SSSR count). The number of carbonyl (C=O) groups excluding carboxylic acids is 3. The van der Waals surface area contributed by atoms with Gasteiger partial charge in [-0.05, 0) is 48.5 Å². The molecule has 0 radical (unpaired) electrons. The van der Waals surface area contributed by atoms with Crippen molar-refractivity contribution in [3.05, 3.63) is 70.0 Å². The summed E-state index contributed by atoms with van der Waals surface area (Å²) in [5.41, 5.74) is 0.145. The molecule has 0 atom stereocenters. The molecule has 6 nitrogen and oxygen atoms in total. The number of carbonyl (C=O) groups is 3. The summed E-state index contributed by atoms with van der Waals surface area (Å²) in [5, 5.41) is 1.97. The molecule has 1 N–H and O–H groups in total. The summed E-state index contributed by atoms with van der Waals surface area (Å²) in [7, 11) is 0. The molecule has 0 saturated heterocycles. The summed E-state index contributed by atoms with van der Waals surface area (Å²) < 4.78 is 47.1. The van der Waals surface area contributed by atoms with Crippen molar-refractivity contribution in [1.82, 2.24) is 5.32 Å². The number of hydrogen-bond acceptors (Lipinski definition) is 5. The lowest BCUT2D eigenvalue weighted by molar-refractivity contribution is -0.143. The average Bonchev–Trinajstić information content (AvgIpc) is 2.67. The van der Waals surface area contributed by atoms with Crippen LogP contribution in [0.15, 0.2) is 53.0 Å². The lowest BCUT2D eigenvalue weighted by atomic mass is 10.2. The minimum Gasteiger partial charge on any atom is -0.452 e. The predicted molar refractivity (Wildman–Crippen MR) is 99.6 cm³/mol. The Morgan fingerprint density at radius 3 is 2.45 bits per heavy atom. The van der Waals surface area contributed by atoms with Crippen molar-refractivity contribution in [2.75, 3.05) is 6.61 Å². The number of imide groups is 1. The van der Waals surface area contributed by atoms with Crippen LogP contribution in [-0.2, 0) is 14.3 Å². The molecule has 0 aliphatic rings. The summed E-state index contributed by atoms with van der Waals surface area (Å²) in [6.45, 7) is -3.75. The van der Waals surface area contributed by atoms with E-state index < -0.39 is 36.8 Å². The third-order valence-corrected chi connectivity index (χ3v) is 3.79. The van der Waals surface area contributed by atoms with Gasteiger partial charge in [-0.15, -0.1) is 0 Å². The van der Waals surface area contributed by atoms with Crippen LogP contribution in [0.4, 0.5) is 13.2 Å². The zero-order valence-electron chi connectivity index (χ0n) is 14.5. The van der Waals surface area contributed by atoms with E-state index in [4.69, 9.17) is 0 Å². The first-order chi connectivity index (χ1) is 13.7. The summed E-state index contributed by atoms with van der Waals surface area (Å²) in [6.07, 6.45) is 2.11. The molecule has 0 fully saturated rings. The van der Waals surface area contributed by atoms with E-state index in [9.17, 15) is 27.6 Å². The third kappa shape index (κ3) is 7.41. The van der Waals surface area contributed by atoms with Gasteiger partial charge in [-0.2, -0.15) is 8.78 Å². The number of rotatable bonds is 7. The lowest BCUT2D eigenvalue weighted by Gasteiger charge is -2.06. The molecule has 10 heteroatoms. The first-order valence-electron chi connectivity index (χ1n) is 7.93. The largest absolute Gasteiger partial charge is 0.452 e. The number of hydrogen-bond donors (Lipinski definition) is 1. The van der Waals surface area contributed by atoms with Gasteiger partial charge in [0.2, 0.25) is 0 Å². The lowest BCUT2D eigenvalue weighted by Crippen LogP contribution is -2.34. The van der Waals surface area contributed by atoms with Crippen LogP contribution in [0.1, 0.15) is 15.9 Å². The second kappa shape index (κ2) is 10.4. The van der Waals surface area contributed by atoms with Crippen LogP contribution in [0.2, 0.25) is 0 Å². The Kier molecular flexibility index (Phi) is 7.96. The third-order valence-electron chi connectivity index (χ3n) is 3.30. The van der Waals surface area contributed by atoms with Crippen LogP contribution in [-0.4, -0.2) is 31.0 Å². The number of ether oxygens (including phenoxy) is 2. The summed E-state index contributed by atoms with van der Waals surface area (Å²) in [5.74, 6) is -3.34. The molecule has 2 aromatic carbocycles. The van der Waals surface area contributed by atoms with Crippen molar-refractivity contribution in [2.45, 2.75) is 6.61 Å². The monoisotopic (exact) mass is 471 g/mol. The number of nitrogens with one attached hydrogen (secondary N) is 1. The van der Waals surface area contributed by atoms with Crippen LogP contribution in [0.25, 0.3) is 6.08 Å². The first-order valence-corrected chi connectivity index (χ1v) is 8.73. The molecule has 0 heterocycles. The number of benzene rings is 2. The molecule has 2 aromatic rings. The Hall–Kier alpha value is -3.14. The highest BCUT2D eigenvalue weighted by Gasteiger charge is 2.13. The summed E-state index contributed by atoms with van der Waals surface area (Å²) >= 11 is 3.17. The van der Waals surface area contributed by atoms with Crippen LogP contribution >= 0.6 is 15.9 Å². The molecule has 0 bridgehead atoms. The fourth-order valence-electron chi connectivity index (χ4n) is 2.01. The van der Waals surface area contributed by atoms with Crippen molar-refractivity contribution in [2.24, 2.45) is 0 Å². The van der Waals surface area contributed by atoms with Crippen molar-refractivity contribution in [1.29, 1.82) is 0 Å². The van der Waals surface area contributed by atoms with Gasteiger partial charge in [0.1, 0.15) is 11.6 Å². The number of halogens is 4. The van der Waals surface area contributed by atoms with Gasteiger partial charge in [0.25, 0.3) is 11.8 Å². The van der Waals surface area contributed by atoms with Crippen molar-refractivity contribution in [3.8, 4) is 5.75 Å². The maximum absolute atomic E-state index is 13.6. The van der Waals surface area contributed by atoms with E-state index in [1.807, 2.05) is 5.32 Å². The molecule has 0 spiro atoms. The number of amides is 2. The standard InChI is InChI=1S/C19H13BrF3NO5/c20-13-4-7-15(21)12(9-13)3-8-17(26)28-10-16(25)24-18(27)11-1-5-14(6-2-11)29-19(22)23/h1-9,19H,10H2,(H,24,25,27)/b8-3+. The van der Waals surface area contributed by atoms with Gasteiger partial charge in [-0.3, -0.25) is 14.9 Å². The molecular weight excluding hydrogens is 459 g/mol. The molecule has 2 amide bonds. The van der Waals surface area contributed by atoms with Crippen molar-refractivity contribution in [3.63, 3.8) is 0 Å². The number of esters is 1. The second-order valence-electron chi connectivity index (χ2n) is 5.39. The van der Waals surface area contributed by atoms with E-state index in [1.54, 1.807) is 0 Å². The van der Waals surface area contributed by atoms with E-state index in [1.165, 1.54) is 36.4 Å². The summed E-state index contributed by atoms with van der Waals surface area (Å²) in [6, 6.07) is 8.78. The Labute approximate surface area is 171 Å². The zero-order valence-corrected chi connectivity index (χ0v) is 16.1. The van der Waals surface area contributed by atoms with Crippen LogP contribution < -0.4 is 10.1 Å². The van der Waals surface area contributed by atoms with Gasteiger partial charge >= 0.3 is 12.6 Å². The molecule has 0 aromatic heterocycles. The fraction of sp³-hybridized carbons (Fsp3) is 0.105. The predicted octanol–water partition coefficient (Wildman–Crippen LogP) is 3.70. The van der Waals surface area contributed by atoms with E-state index in [-0.39, 0.29) is 16.9 Å².